The molecule has 126 valence electrons. The Bertz CT molecular complexity index is 566. The minimum Gasteiger partial charge on any atom is -0.384 e. The van der Waals surface area contributed by atoms with Gasteiger partial charge < -0.3 is 10.1 Å². The van der Waals surface area contributed by atoms with Gasteiger partial charge in [0, 0.05) is 19.1 Å². The van der Waals surface area contributed by atoms with Gasteiger partial charge in [-0.05, 0) is 50.6 Å². The first-order valence-electron chi connectivity index (χ1n) is 7.23. The molecule has 2 N–H and O–H groups in total. The Morgan fingerprint density at radius 2 is 2.00 bits per heavy atom. The van der Waals surface area contributed by atoms with Crippen molar-refractivity contribution in [3.05, 3.63) is 29.8 Å². The molecule has 1 fully saturated rings. The number of piperidine rings is 1. The van der Waals surface area contributed by atoms with Crippen molar-refractivity contribution in [1.82, 2.24) is 10.0 Å². The highest BCUT2D eigenvalue weighted by Gasteiger charge is 2.33. The molecule has 0 atom stereocenters. The highest BCUT2D eigenvalue weighted by atomic mass is 35.5. The van der Waals surface area contributed by atoms with Gasteiger partial charge in [-0.1, -0.05) is 12.1 Å². The lowest BCUT2D eigenvalue weighted by molar-refractivity contribution is 0.0577. The molecule has 1 aliphatic rings. The molecule has 0 bridgehead atoms. The molecular formula is C15H25ClN2O3S. The summed E-state index contributed by atoms with van der Waals surface area (Å²) in [5, 5.41) is 3.30. The van der Waals surface area contributed by atoms with Gasteiger partial charge in [0.25, 0.3) is 0 Å². The predicted molar refractivity (Wildman–Crippen MR) is 90.0 cm³/mol. The third-order valence-corrected chi connectivity index (χ3v) is 5.45. The molecule has 0 aromatic heterocycles. The number of sulfonamides is 1. The zero-order chi connectivity index (χ0) is 15.3. The van der Waals surface area contributed by atoms with E-state index in [9.17, 15) is 8.42 Å². The summed E-state index contributed by atoms with van der Waals surface area (Å²) in [6.45, 7) is 4.67. The quantitative estimate of drug-likeness (QED) is 0.821. The third-order valence-electron chi connectivity index (χ3n) is 4.05. The van der Waals surface area contributed by atoms with Gasteiger partial charge in [0.15, 0.2) is 0 Å². The van der Waals surface area contributed by atoms with Crippen LogP contribution in [0, 0.1) is 12.3 Å². The lowest BCUT2D eigenvalue weighted by atomic mass is 9.80. The SMILES string of the molecule is COCC1(CNS(=O)(=O)c2cccc(C)c2)CCNCC1.Cl. The fourth-order valence-electron chi connectivity index (χ4n) is 2.75. The van der Waals surface area contributed by atoms with Gasteiger partial charge in [-0.2, -0.15) is 0 Å². The van der Waals surface area contributed by atoms with E-state index in [2.05, 4.69) is 10.0 Å². The lowest BCUT2D eigenvalue weighted by Gasteiger charge is -2.37. The van der Waals surface area contributed by atoms with E-state index in [-0.39, 0.29) is 17.8 Å². The summed E-state index contributed by atoms with van der Waals surface area (Å²) in [5.74, 6) is 0. The second-order valence-electron chi connectivity index (χ2n) is 5.82. The van der Waals surface area contributed by atoms with Crippen LogP contribution in [0.4, 0.5) is 0 Å². The van der Waals surface area contributed by atoms with E-state index in [4.69, 9.17) is 4.74 Å². The number of benzene rings is 1. The lowest BCUT2D eigenvalue weighted by Crippen LogP contribution is -2.47. The van der Waals surface area contributed by atoms with E-state index in [0.717, 1.165) is 31.5 Å². The molecule has 0 amide bonds. The molecule has 1 saturated heterocycles. The first kappa shape index (κ1) is 19.4. The summed E-state index contributed by atoms with van der Waals surface area (Å²) in [5.41, 5.74) is 0.822. The molecule has 1 heterocycles. The normalized spacial score (nSPS) is 17.7. The molecule has 0 unspecified atom stereocenters. The molecule has 0 saturated carbocycles. The van der Waals surface area contributed by atoms with Crippen LogP contribution in [0.3, 0.4) is 0 Å². The van der Waals surface area contributed by atoms with Crippen molar-refractivity contribution in [2.75, 3.05) is 33.4 Å². The summed E-state index contributed by atoms with van der Waals surface area (Å²) in [4.78, 5) is 0.323. The van der Waals surface area contributed by atoms with Gasteiger partial charge >= 0.3 is 0 Å². The molecule has 0 radical (unpaired) electrons. The second kappa shape index (κ2) is 8.26. The van der Waals surface area contributed by atoms with Gasteiger partial charge in [0.05, 0.1) is 11.5 Å². The van der Waals surface area contributed by atoms with Crippen molar-refractivity contribution in [3.8, 4) is 0 Å². The maximum absolute atomic E-state index is 12.4. The monoisotopic (exact) mass is 348 g/mol. The number of ether oxygens (including phenoxy) is 1. The van der Waals surface area contributed by atoms with Crippen molar-refractivity contribution in [2.45, 2.75) is 24.7 Å². The van der Waals surface area contributed by atoms with E-state index in [1.807, 2.05) is 13.0 Å². The van der Waals surface area contributed by atoms with E-state index in [0.29, 0.717) is 18.0 Å². The van der Waals surface area contributed by atoms with Crippen LogP contribution in [0.15, 0.2) is 29.2 Å². The van der Waals surface area contributed by atoms with Gasteiger partial charge in [0.1, 0.15) is 0 Å². The Balaban J connectivity index is 0.00000242. The average Bonchev–Trinajstić information content (AvgIpc) is 2.47. The van der Waals surface area contributed by atoms with Crippen LogP contribution in [0.2, 0.25) is 0 Å². The molecule has 22 heavy (non-hydrogen) atoms. The Morgan fingerprint density at radius 3 is 2.59 bits per heavy atom. The topological polar surface area (TPSA) is 67.4 Å². The fourth-order valence-corrected chi connectivity index (χ4v) is 4.01. The van der Waals surface area contributed by atoms with Crippen LogP contribution < -0.4 is 10.0 Å². The molecule has 0 aliphatic carbocycles. The smallest absolute Gasteiger partial charge is 0.240 e. The Hall–Kier alpha value is -0.660. The van der Waals surface area contributed by atoms with E-state index in [1.165, 1.54) is 0 Å². The molecule has 1 aromatic rings. The van der Waals surface area contributed by atoms with Crippen LogP contribution >= 0.6 is 12.4 Å². The zero-order valence-corrected chi connectivity index (χ0v) is 14.7. The largest absolute Gasteiger partial charge is 0.384 e. The highest BCUT2D eigenvalue weighted by Crippen LogP contribution is 2.28. The van der Waals surface area contributed by atoms with Crippen molar-refractivity contribution in [3.63, 3.8) is 0 Å². The van der Waals surface area contributed by atoms with Gasteiger partial charge in [-0.3, -0.25) is 0 Å². The summed E-state index contributed by atoms with van der Waals surface area (Å²) in [6.07, 6.45) is 1.83. The maximum Gasteiger partial charge on any atom is 0.240 e. The van der Waals surface area contributed by atoms with Gasteiger partial charge in [0.2, 0.25) is 10.0 Å². The molecule has 7 heteroatoms. The van der Waals surface area contributed by atoms with Gasteiger partial charge in [-0.15, -0.1) is 12.4 Å². The predicted octanol–water partition coefficient (Wildman–Crippen LogP) is 1.71. The second-order valence-corrected chi connectivity index (χ2v) is 7.59. The number of aryl methyl sites for hydroxylation is 1. The minimum absolute atomic E-state index is 0. The number of hydrogen-bond donors (Lipinski definition) is 2. The van der Waals surface area contributed by atoms with Crippen molar-refractivity contribution in [2.24, 2.45) is 5.41 Å². The number of hydrogen-bond acceptors (Lipinski definition) is 4. The van der Waals surface area contributed by atoms with Crippen molar-refractivity contribution in [1.29, 1.82) is 0 Å². The summed E-state index contributed by atoms with van der Waals surface area (Å²) in [6, 6.07) is 6.96. The number of nitrogens with one attached hydrogen (secondary N) is 2. The van der Waals surface area contributed by atoms with E-state index >= 15 is 0 Å². The third kappa shape index (κ3) is 4.93. The summed E-state index contributed by atoms with van der Waals surface area (Å²) < 4.78 is 32.9. The average molecular weight is 349 g/mol. The van der Waals surface area contributed by atoms with Crippen LogP contribution in [-0.4, -0.2) is 41.8 Å². The Labute approximate surface area is 139 Å². The molecule has 2 rings (SSSR count). The van der Waals surface area contributed by atoms with Gasteiger partial charge in [-0.25, -0.2) is 13.1 Å². The number of rotatable bonds is 6. The van der Waals surface area contributed by atoms with Crippen molar-refractivity contribution >= 4 is 22.4 Å². The van der Waals surface area contributed by atoms with Crippen LogP contribution in [0.5, 0.6) is 0 Å². The standard InChI is InChI=1S/C15H24N2O3S.ClH/c1-13-4-3-5-14(10-13)21(18,19)17-11-15(12-20-2)6-8-16-9-7-15;/h3-5,10,16-17H,6-9,11-12H2,1-2H3;1H. The van der Waals surface area contributed by atoms with E-state index in [1.54, 1.807) is 25.3 Å². The number of halogens is 1. The zero-order valence-electron chi connectivity index (χ0n) is 13.1. The molecule has 1 aliphatic heterocycles. The maximum atomic E-state index is 12.4. The fraction of sp³-hybridized carbons (Fsp3) is 0.600. The molecule has 1 aromatic carbocycles. The Kier molecular flexibility index (Phi) is 7.28. The summed E-state index contributed by atoms with van der Waals surface area (Å²) >= 11 is 0. The number of methoxy groups -OCH3 is 1. The van der Waals surface area contributed by atoms with Crippen LogP contribution in [0.25, 0.3) is 0 Å². The molecular weight excluding hydrogens is 324 g/mol. The first-order chi connectivity index (χ1) is 9.97. The minimum atomic E-state index is -3.46. The summed E-state index contributed by atoms with van der Waals surface area (Å²) in [7, 11) is -1.80. The first-order valence-corrected chi connectivity index (χ1v) is 8.72. The van der Waals surface area contributed by atoms with Crippen LogP contribution in [0.1, 0.15) is 18.4 Å². The van der Waals surface area contributed by atoms with Crippen LogP contribution in [-0.2, 0) is 14.8 Å². The molecule has 5 nitrogen and oxygen atoms in total. The van der Waals surface area contributed by atoms with Crippen molar-refractivity contribution < 1.29 is 13.2 Å². The Morgan fingerprint density at radius 1 is 1.32 bits per heavy atom. The van der Waals surface area contributed by atoms with E-state index < -0.39 is 10.0 Å². The molecule has 0 spiro atoms. The highest BCUT2D eigenvalue weighted by molar-refractivity contribution is 7.89.